The molecule has 0 amide bonds. The van der Waals surface area contributed by atoms with Crippen molar-refractivity contribution in [2.75, 3.05) is 5.75 Å². The minimum absolute atomic E-state index is 0.0414. The van der Waals surface area contributed by atoms with Gasteiger partial charge in [-0.3, -0.25) is 10.2 Å². The molecule has 4 nitrogen and oxygen atoms in total. The van der Waals surface area contributed by atoms with Gasteiger partial charge in [0.25, 0.3) is 0 Å². The van der Waals surface area contributed by atoms with Crippen molar-refractivity contribution in [2.24, 2.45) is 5.73 Å². The molecule has 5 heteroatoms. The molecule has 0 radical (unpaired) electrons. The molecule has 0 aromatic heterocycles. The van der Waals surface area contributed by atoms with E-state index in [4.69, 9.17) is 16.2 Å². The van der Waals surface area contributed by atoms with Crippen molar-refractivity contribution in [1.29, 1.82) is 5.41 Å². The lowest BCUT2D eigenvalue weighted by Crippen LogP contribution is -2.10. The highest BCUT2D eigenvalue weighted by atomic mass is 32.2. The second kappa shape index (κ2) is 5.41. The number of nitrogens with two attached hydrogens (primary N) is 1. The number of benzene rings is 1. The van der Waals surface area contributed by atoms with Gasteiger partial charge in [0.05, 0.1) is 5.75 Å². The number of carboxylic acids is 1. The molecule has 0 unspecified atom stereocenters. The van der Waals surface area contributed by atoms with Crippen LogP contribution in [0.1, 0.15) is 11.1 Å². The number of nitrogens with one attached hydrogen (secondary N) is 1. The smallest absolute Gasteiger partial charge is 0.313 e. The summed E-state index contributed by atoms with van der Waals surface area (Å²) in [5, 5.41) is 15.6. The molecule has 0 aliphatic carbocycles. The molecule has 0 atom stereocenters. The topological polar surface area (TPSA) is 87.2 Å². The Morgan fingerprint density at radius 3 is 2.47 bits per heavy atom. The van der Waals surface area contributed by atoms with Gasteiger partial charge in [0.2, 0.25) is 0 Å². The molecular weight excluding hydrogens is 212 g/mol. The standard InChI is InChI=1S/C10H12N2O2S/c11-10(12)8-3-1-7(2-4-8)5-15-6-9(13)14/h1-4H,5-6H2,(H3,11,12)(H,13,14). The van der Waals surface area contributed by atoms with Crippen molar-refractivity contribution in [3.63, 3.8) is 0 Å². The lowest BCUT2D eigenvalue weighted by Gasteiger charge is -2.01. The van der Waals surface area contributed by atoms with Crippen molar-refractivity contribution in [3.8, 4) is 0 Å². The van der Waals surface area contributed by atoms with Crippen LogP contribution in [0, 0.1) is 5.41 Å². The summed E-state index contributed by atoms with van der Waals surface area (Å²) in [4.78, 5) is 10.3. The summed E-state index contributed by atoms with van der Waals surface area (Å²) < 4.78 is 0. The molecule has 15 heavy (non-hydrogen) atoms. The summed E-state index contributed by atoms with van der Waals surface area (Å²) in [6.07, 6.45) is 0. The molecular formula is C10H12N2O2S. The molecule has 0 spiro atoms. The van der Waals surface area contributed by atoms with Gasteiger partial charge < -0.3 is 10.8 Å². The average molecular weight is 224 g/mol. The quantitative estimate of drug-likeness (QED) is 0.519. The van der Waals surface area contributed by atoms with Crippen molar-refractivity contribution < 1.29 is 9.90 Å². The molecule has 80 valence electrons. The van der Waals surface area contributed by atoms with Gasteiger partial charge in [-0.2, -0.15) is 0 Å². The molecule has 1 aromatic carbocycles. The van der Waals surface area contributed by atoms with Crippen LogP contribution >= 0.6 is 11.8 Å². The Bertz CT molecular complexity index is 362. The molecule has 0 aliphatic heterocycles. The minimum atomic E-state index is -0.805. The zero-order chi connectivity index (χ0) is 11.3. The van der Waals surface area contributed by atoms with Crippen LogP contribution < -0.4 is 5.73 Å². The number of aliphatic carboxylic acids is 1. The van der Waals surface area contributed by atoms with E-state index in [2.05, 4.69) is 0 Å². The third kappa shape index (κ3) is 4.03. The first kappa shape index (κ1) is 11.6. The van der Waals surface area contributed by atoms with Crippen LogP contribution in [0.3, 0.4) is 0 Å². The zero-order valence-corrected chi connectivity index (χ0v) is 8.88. The van der Waals surface area contributed by atoms with E-state index in [1.165, 1.54) is 11.8 Å². The van der Waals surface area contributed by atoms with E-state index in [0.717, 1.165) is 5.56 Å². The lowest BCUT2D eigenvalue weighted by atomic mass is 10.1. The van der Waals surface area contributed by atoms with Crippen LogP contribution in [-0.4, -0.2) is 22.7 Å². The van der Waals surface area contributed by atoms with E-state index in [1.54, 1.807) is 12.1 Å². The van der Waals surface area contributed by atoms with Crippen LogP contribution in [0.25, 0.3) is 0 Å². The number of carbonyl (C=O) groups is 1. The van der Waals surface area contributed by atoms with Crippen LogP contribution in [0.15, 0.2) is 24.3 Å². The van der Waals surface area contributed by atoms with Crippen LogP contribution in [0.4, 0.5) is 0 Å². The van der Waals surface area contributed by atoms with E-state index in [-0.39, 0.29) is 11.6 Å². The van der Waals surface area contributed by atoms with E-state index >= 15 is 0 Å². The summed E-state index contributed by atoms with van der Waals surface area (Å²) in [5.41, 5.74) is 7.02. The zero-order valence-electron chi connectivity index (χ0n) is 8.06. The van der Waals surface area contributed by atoms with Crippen molar-refractivity contribution in [1.82, 2.24) is 0 Å². The second-order valence-corrected chi connectivity index (χ2v) is 3.98. The Morgan fingerprint density at radius 1 is 1.40 bits per heavy atom. The van der Waals surface area contributed by atoms with Gasteiger partial charge in [-0.05, 0) is 5.56 Å². The lowest BCUT2D eigenvalue weighted by molar-refractivity contribution is -0.133. The largest absolute Gasteiger partial charge is 0.481 e. The highest BCUT2D eigenvalue weighted by molar-refractivity contribution is 7.99. The Morgan fingerprint density at radius 2 is 2.00 bits per heavy atom. The number of carboxylic acid groups (broad SMARTS) is 1. The van der Waals surface area contributed by atoms with Gasteiger partial charge in [-0.25, -0.2) is 0 Å². The van der Waals surface area contributed by atoms with E-state index in [9.17, 15) is 4.79 Å². The molecule has 1 rings (SSSR count). The number of nitrogen functional groups attached to an aromatic ring is 1. The first-order chi connectivity index (χ1) is 7.09. The number of hydrogen-bond donors (Lipinski definition) is 3. The molecule has 0 fully saturated rings. The summed E-state index contributed by atoms with van der Waals surface area (Å²) in [6.45, 7) is 0. The van der Waals surface area contributed by atoms with Crippen molar-refractivity contribution in [3.05, 3.63) is 35.4 Å². The van der Waals surface area contributed by atoms with Gasteiger partial charge in [0, 0.05) is 11.3 Å². The van der Waals surface area contributed by atoms with Gasteiger partial charge in [0.1, 0.15) is 5.84 Å². The molecule has 0 heterocycles. The summed E-state index contributed by atoms with van der Waals surface area (Å²) >= 11 is 1.34. The monoisotopic (exact) mass is 224 g/mol. The number of thioether (sulfide) groups is 1. The predicted octanol–water partition coefficient (Wildman–Crippen LogP) is 1.29. The predicted molar refractivity (Wildman–Crippen MR) is 61.3 cm³/mol. The normalized spacial score (nSPS) is 9.87. The third-order valence-corrected chi connectivity index (χ3v) is 2.75. The fourth-order valence-electron chi connectivity index (χ4n) is 1.04. The fourth-order valence-corrected chi connectivity index (χ4v) is 1.74. The molecule has 0 saturated heterocycles. The fraction of sp³-hybridized carbons (Fsp3) is 0.200. The highest BCUT2D eigenvalue weighted by Crippen LogP contribution is 2.12. The summed E-state index contributed by atoms with van der Waals surface area (Å²) in [7, 11) is 0. The Labute approximate surface area is 92.0 Å². The maximum Gasteiger partial charge on any atom is 0.313 e. The maximum absolute atomic E-state index is 10.3. The maximum atomic E-state index is 10.3. The highest BCUT2D eigenvalue weighted by Gasteiger charge is 1.99. The Kier molecular flexibility index (Phi) is 4.17. The van der Waals surface area contributed by atoms with Gasteiger partial charge in [0.15, 0.2) is 0 Å². The Hall–Kier alpha value is -1.49. The van der Waals surface area contributed by atoms with Gasteiger partial charge in [-0.15, -0.1) is 11.8 Å². The Balaban J connectivity index is 2.50. The number of rotatable bonds is 5. The van der Waals surface area contributed by atoms with Gasteiger partial charge in [-0.1, -0.05) is 24.3 Å². The van der Waals surface area contributed by atoms with E-state index in [0.29, 0.717) is 11.3 Å². The summed E-state index contributed by atoms with van der Waals surface area (Å²) in [6, 6.07) is 7.23. The summed E-state index contributed by atoms with van der Waals surface area (Å²) in [5.74, 6) is -0.000959. The molecule has 1 aromatic rings. The molecule has 4 N–H and O–H groups in total. The number of amidine groups is 1. The van der Waals surface area contributed by atoms with Crippen molar-refractivity contribution >= 4 is 23.6 Å². The van der Waals surface area contributed by atoms with E-state index < -0.39 is 5.97 Å². The SMILES string of the molecule is N=C(N)c1ccc(CSCC(=O)O)cc1. The third-order valence-electron chi connectivity index (χ3n) is 1.76. The number of hydrogen-bond acceptors (Lipinski definition) is 3. The van der Waals surface area contributed by atoms with Gasteiger partial charge >= 0.3 is 5.97 Å². The molecule has 0 bridgehead atoms. The minimum Gasteiger partial charge on any atom is -0.481 e. The van der Waals surface area contributed by atoms with Crippen LogP contribution in [0.5, 0.6) is 0 Å². The van der Waals surface area contributed by atoms with Crippen LogP contribution in [-0.2, 0) is 10.5 Å². The van der Waals surface area contributed by atoms with Crippen LogP contribution in [0.2, 0.25) is 0 Å². The average Bonchev–Trinajstić information content (AvgIpc) is 2.18. The second-order valence-electron chi connectivity index (χ2n) is 3.00. The van der Waals surface area contributed by atoms with Crippen molar-refractivity contribution in [2.45, 2.75) is 5.75 Å². The molecule has 0 saturated carbocycles. The first-order valence-corrected chi connectivity index (χ1v) is 5.48. The van der Waals surface area contributed by atoms with E-state index in [1.807, 2.05) is 12.1 Å². The molecule has 0 aliphatic rings. The first-order valence-electron chi connectivity index (χ1n) is 4.32.